The fraction of sp³-hybridized carbons (Fsp3) is 0.857. The van der Waals surface area contributed by atoms with Crippen molar-refractivity contribution < 1.29 is 14.7 Å². The molecule has 2 aliphatic rings. The third kappa shape index (κ3) is 3.08. The van der Waals surface area contributed by atoms with Crippen LogP contribution in [-0.2, 0) is 9.59 Å². The molecular weight excluding hydrogens is 244 g/mol. The van der Waals surface area contributed by atoms with E-state index in [1.165, 1.54) is 0 Å². The number of carbonyl (C=O) groups excluding carboxylic acids is 1. The number of hydrogen-bond acceptors (Lipinski definition) is 3. The molecule has 1 atom stereocenters. The van der Waals surface area contributed by atoms with Crippen molar-refractivity contribution in [1.82, 2.24) is 10.6 Å². The van der Waals surface area contributed by atoms with Gasteiger partial charge in [0.25, 0.3) is 0 Å². The van der Waals surface area contributed by atoms with Crippen molar-refractivity contribution in [3.63, 3.8) is 0 Å². The third-order valence-electron chi connectivity index (χ3n) is 4.69. The summed E-state index contributed by atoms with van der Waals surface area (Å²) >= 11 is 0. The topological polar surface area (TPSA) is 78.4 Å². The van der Waals surface area contributed by atoms with Gasteiger partial charge < -0.3 is 15.7 Å². The van der Waals surface area contributed by atoms with E-state index in [1.54, 1.807) is 0 Å². The molecule has 0 radical (unpaired) electrons. The molecule has 1 heterocycles. The van der Waals surface area contributed by atoms with Gasteiger partial charge in [-0.15, -0.1) is 0 Å². The van der Waals surface area contributed by atoms with Crippen LogP contribution in [0, 0.1) is 5.92 Å². The van der Waals surface area contributed by atoms with Crippen molar-refractivity contribution in [3.05, 3.63) is 0 Å². The first kappa shape index (κ1) is 14.3. The standard InChI is InChI=1S/C14H24N2O3/c1-2-14(8-3-9-15-14)13(19)16-11-6-4-10(5-7-11)12(17)18/h10-11,15H,2-9H2,1H3,(H,16,19)(H,17,18). The predicted octanol–water partition coefficient (Wildman–Crippen LogP) is 1.28. The highest BCUT2D eigenvalue weighted by Crippen LogP contribution is 2.27. The number of rotatable bonds is 4. The lowest BCUT2D eigenvalue weighted by Gasteiger charge is -2.32. The number of nitrogens with one attached hydrogen (secondary N) is 2. The van der Waals surface area contributed by atoms with Crippen LogP contribution in [0.1, 0.15) is 51.9 Å². The molecule has 108 valence electrons. The minimum Gasteiger partial charge on any atom is -0.481 e. The average molecular weight is 268 g/mol. The van der Waals surface area contributed by atoms with Gasteiger partial charge in [-0.05, 0) is 51.5 Å². The molecule has 0 aromatic heterocycles. The fourth-order valence-electron chi connectivity index (χ4n) is 3.27. The number of hydrogen-bond donors (Lipinski definition) is 3. The molecule has 1 amide bonds. The van der Waals surface area contributed by atoms with Crippen LogP contribution in [0.4, 0.5) is 0 Å². The van der Waals surface area contributed by atoms with Gasteiger partial charge in [0.2, 0.25) is 5.91 Å². The molecule has 2 rings (SSSR count). The summed E-state index contributed by atoms with van der Waals surface area (Å²) in [6.07, 6.45) is 5.67. The van der Waals surface area contributed by atoms with Crippen molar-refractivity contribution in [2.75, 3.05) is 6.54 Å². The minimum atomic E-state index is -0.702. The minimum absolute atomic E-state index is 0.103. The van der Waals surface area contributed by atoms with E-state index in [4.69, 9.17) is 5.11 Å². The van der Waals surface area contributed by atoms with Crippen LogP contribution in [0.2, 0.25) is 0 Å². The molecule has 0 aromatic rings. The van der Waals surface area contributed by atoms with Gasteiger partial charge in [-0.3, -0.25) is 9.59 Å². The maximum atomic E-state index is 12.4. The van der Waals surface area contributed by atoms with Crippen molar-refractivity contribution in [3.8, 4) is 0 Å². The second-order valence-corrected chi connectivity index (χ2v) is 5.83. The number of carbonyl (C=O) groups is 2. The summed E-state index contributed by atoms with van der Waals surface area (Å²) < 4.78 is 0. The van der Waals surface area contributed by atoms with Crippen molar-refractivity contribution in [1.29, 1.82) is 0 Å². The van der Waals surface area contributed by atoms with Crippen molar-refractivity contribution >= 4 is 11.9 Å². The largest absolute Gasteiger partial charge is 0.481 e. The van der Waals surface area contributed by atoms with E-state index in [0.717, 1.165) is 38.6 Å². The van der Waals surface area contributed by atoms with Gasteiger partial charge in [0, 0.05) is 6.04 Å². The SMILES string of the molecule is CCC1(C(=O)NC2CCC(C(=O)O)CC2)CCCN1. The van der Waals surface area contributed by atoms with Gasteiger partial charge >= 0.3 is 5.97 Å². The van der Waals surface area contributed by atoms with E-state index in [1.807, 2.05) is 6.92 Å². The van der Waals surface area contributed by atoms with Gasteiger partial charge in [0.1, 0.15) is 0 Å². The van der Waals surface area contributed by atoms with E-state index >= 15 is 0 Å². The van der Waals surface area contributed by atoms with Crippen LogP contribution < -0.4 is 10.6 Å². The number of carboxylic acid groups (broad SMARTS) is 1. The lowest BCUT2D eigenvalue weighted by Crippen LogP contribution is -2.55. The average Bonchev–Trinajstić information content (AvgIpc) is 2.89. The first-order chi connectivity index (χ1) is 9.07. The van der Waals surface area contributed by atoms with E-state index in [0.29, 0.717) is 12.8 Å². The first-order valence-corrected chi connectivity index (χ1v) is 7.36. The summed E-state index contributed by atoms with van der Waals surface area (Å²) in [5.74, 6) is -0.823. The highest BCUT2D eigenvalue weighted by atomic mass is 16.4. The number of aliphatic carboxylic acids is 1. The molecule has 19 heavy (non-hydrogen) atoms. The molecule has 5 heteroatoms. The second kappa shape index (κ2) is 5.90. The molecule has 0 bridgehead atoms. The van der Waals surface area contributed by atoms with Gasteiger partial charge in [-0.2, -0.15) is 0 Å². The molecule has 2 fully saturated rings. The lowest BCUT2D eigenvalue weighted by molar-refractivity contribution is -0.142. The third-order valence-corrected chi connectivity index (χ3v) is 4.69. The maximum absolute atomic E-state index is 12.4. The molecule has 0 spiro atoms. The normalized spacial score (nSPS) is 35.0. The molecular formula is C14H24N2O3. The van der Waals surface area contributed by atoms with E-state index in [2.05, 4.69) is 10.6 Å². The Kier molecular flexibility index (Phi) is 4.45. The van der Waals surface area contributed by atoms with Crippen molar-refractivity contribution in [2.45, 2.75) is 63.5 Å². The zero-order chi connectivity index (χ0) is 13.9. The molecule has 1 aliphatic heterocycles. The Morgan fingerprint density at radius 1 is 1.32 bits per heavy atom. The van der Waals surface area contributed by atoms with Gasteiger partial charge in [0.15, 0.2) is 0 Å². The van der Waals surface area contributed by atoms with Crippen LogP contribution in [0.25, 0.3) is 0 Å². The fourth-order valence-corrected chi connectivity index (χ4v) is 3.27. The summed E-state index contributed by atoms with van der Waals surface area (Å²) in [4.78, 5) is 23.3. The molecule has 1 saturated heterocycles. The second-order valence-electron chi connectivity index (χ2n) is 5.83. The Labute approximate surface area is 114 Å². The molecule has 0 aromatic carbocycles. The van der Waals surface area contributed by atoms with Crippen LogP contribution in [-0.4, -0.2) is 35.1 Å². The maximum Gasteiger partial charge on any atom is 0.306 e. The predicted molar refractivity (Wildman–Crippen MR) is 71.8 cm³/mol. The molecule has 5 nitrogen and oxygen atoms in total. The van der Waals surface area contributed by atoms with E-state index in [-0.39, 0.29) is 23.4 Å². The highest BCUT2D eigenvalue weighted by Gasteiger charge is 2.40. The summed E-state index contributed by atoms with van der Waals surface area (Å²) in [5.41, 5.74) is -0.385. The van der Waals surface area contributed by atoms with Gasteiger partial charge in [-0.25, -0.2) is 0 Å². The zero-order valence-electron chi connectivity index (χ0n) is 11.6. The lowest BCUT2D eigenvalue weighted by atomic mass is 9.85. The quantitative estimate of drug-likeness (QED) is 0.717. The Morgan fingerprint density at radius 2 is 2.00 bits per heavy atom. The first-order valence-electron chi connectivity index (χ1n) is 7.36. The summed E-state index contributed by atoms with van der Waals surface area (Å²) in [6, 6.07) is 0.147. The Bertz CT molecular complexity index is 343. The number of amides is 1. The summed E-state index contributed by atoms with van der Waals surface area (Å²) in [5, 5.41) is 15.4. The van der Waals surface area contributed by atoms with Crippen LogP contribution in [0.15, 0.2) is 0 Å². The van der Waals surface area contributed by atoms with Gasteiger partial charge in [-0.1, -0.05) is 6.92 Å². The van der Waals surface area contributed by atoms with E-state index < -0.39 is 5.97 Å². The molecule has 1 saturated carbocycles. The van der Waals surface area contributed by atoms with Gasteiger partial charge in [0.05, 0.1) is 11.5 Å². The molecule has 3 N–H and O–H groups in total. The smallest absolute Gasteiger partial charge is 0.306 e. The molecule has 1 aliphatic carbocycles. The highest BCUT2D eigenvalue weighted by molar-refractivity contribution is 5.87. The summed E-state index contributed by atoms with van der Waals surface area (Å²) in [6.45, 7) is 2.95. The summed E-state index contributed by atoms with van der Waals surface area (Å²) in [7, 11) is 0. The van der Waals surface area contributed by atoms with Crippen LogP contribution >= 0.6 is 0 Å². The number of carboxylic acids is 1. The van der Waals surface area contributed by atoms with E-state index in [9.17, 15) is 9.59 Å². The Hall–Kier alpha value is -1.10. The van der Waals surface area contributed by atoms with Crippen LogP contribution in [0.5, 0.6) is 0 Å². The Balaban J connectivity index is 1.85. The molecule has 1 unspecified atom stereocenters. The van der Waals surface area contributed by atoms with Crippen molar-refractivity contribution in [2.24, 2.45) is 5.92 Å². The Morgan fingerprint density at radius 3 is 2.47 bits per heavy atom. The zero-order valence-corrected chi connectivity index (χ0v) is 11.6. The van der Waals surface area contributed by atoms with Crippen LogP contribution in [0.3, 0.4) is 0 Å². The monoisotopic (exact) mass is 268 g/mol.